The van der Waals surface area contributed by atoms with Gasteiger partial charge in [0, 0.05) is 17.5 Å². The minimum absolute atomic E-state index is 0.0487. The van der Waals surface area contributed by atoms with Gasteiger partial charge in [-0.2, -0.15) is 0 Å². The van der Waals surface area contributed by atoms with Gasteiger partial charge < -0.3 is 10.5 Å². The quantitative estimate of drug-likeness (QED) is 0.888. The van der Waals surface area contributed by atoms with Crippen molar-refractivity contribution in [1.82, 2.24) is 0 Å². The van der Waals surface area contributed by atoms with Crippen LogP contribution in [0.15, 0.2) is 54.6 Å². The Morgan fingerprint density at radius 3 is 2.56 bits per heavy atom. The van der Waals surface area contributed by atoms with Crippen LogP contribution < -0.4 is 10.5 Å². The standard InChI is InChI=1S/C15H16ClNO/c16-13-6-4-5-12(11-13)15(17)9-10-18-14-7-2-1-3-8-14/h1-8,11,15H,9-10,17H2. The Bertz CT molecular complexity index is 487. The summed E-state index contributed by atoms with van der Waals surface area (Å²) in [5.74, 6) is 0.871. The first-order valence-corrected chi connectivity index (χ1v) is 6.32. The van der Waals surface area contributed by atoms with Crippen molar-refractivity contribution in [2.45, 2.75) is 12.5 Å². The molecular formula is C15H16ClNO. The molecule has 18 heavy (non-hydrogen) atoms. The number of rotatable bonds is 5. The van der Waals surface area contributed by atoms with Crippen molar-refractivity contribution >= 4 is 11.6 Å². The number of halogens is 1. The lowest BCUT2D eigenvalue weighted by Gasteiger charge is -2.13. The Labute approximate surface area is 112 Å². The van der Waals surface area contributed by atoms with Gasteiger partial charge in [-0.05, 0) is 29.8 Å². The van der Waals surface area contributed by atoms with E-state index in [1.165, 1.54) is 0 Å². The summed E-state index contributed by atoms with van der Waals surface area (Å²) in [5.41, 5.74) is 7.13. The molecule has 0 radical (unpaired) electrons. The molecule has 0 bridgehead atoms. The van der Waals surface area contributed by atoms with Crippen LogP contribution in [0.1, 0.15) is 18.0 Å². The van der Waals surface area contributed by atoms with Gasteiger partial charge in [-0.3, -0.25) is 0 Å². The molecule has 2 N–H and O–H groups in total. The molecule has 0 saturated carbocycles. The number of ether oxygens (including phenoxy) is 1. The minimum Gasteiger partial charge on any atom is -0.494 e. The van der Waals surface area contributed by atoms with Crippen LogP contribution in [-0.4, -0.2) is 6.61 Å². The monoisotopic (exact) mass is 261 g/mol. The first kappa shape index (κ1) is 12.9. The molecule has 1 atom stereocenters. The van der Waals surface area contributed by atoms with E-state index in [-0.39, 0.29) is 6.04 Å². The van der Waals surface area contributed by atoms with E-state index in [9.17, 15) is 0 Å². The van der Waals surface area contributed by atoms with Crippen LogP contribution in [-0.2, 0) is 0 Å². The highest BCUT2D eigenvalue weighted by atomic mass is 35.5. The largest absolute Gasteiger partial charge is 0.494 e. The van der Waals surface area contributed by atoms with Crippen LogP contribution in [0.2, 0.25) is 5.02 Å². The fourth-order valence-corrected chi connectivity index (χ4v) is 1.92. The molecule has 2 rings (SSSR count). The van der Waals surface area contributed by atoms with Crippen LogP contribution in [0.25, 0.3) is 0 Å². The summed E-state index contributed by atoms with van der Waals surface area (Å²) in [5, 5.41) is 0.715. The molecule has 2 nitrogen and oxygen atoms in total. The van der Waals surface area contributed by atoms with Gasteiger partial charge in [0.15, 0.2) is 0 Å². The molecule has 0 heterocycles. The van der Waals surface area contributed by atoms with Crippen molar-refractivity contribution in [2.75, 3.05) is 6.61 Å². The normalized spacial score (nSPS) is 12.1. The third kappa shape index (κ3) is 3.76. The second-order valence-corrected chi connectivity index (χ2v) is 4.55. The van der Waals surface area contributed by atoms with Crippen molar-refractivity contribution in [3.63, 3.8) is 0 Å². The summed E-state index contributed by atoms with van der Waals surface area (Å²) in [6.45, 7) is 0.595. The van der Waals surface area contributed by atoms with E-state index in [0.29, 0.717) is 11.6 Å². The molecule has 94 valence electrons. The van der Waals surface area contributed by atoms with Gasteiger partial charge in [0.05, 0.1) is 6.61 Å². The zero-order valence-corrected chi connectivity index (χ0v) is 10.8. The Morgan fingerprint density at radius 1 is 1.06 bits per heavy atom. The fourth-order valence-electron chi connectivity index (χ4n) is 1.72. The van der Waals surface area contributed by atoms with Crippen LogP contribution in [0.4, 0.5) is 0 Å². The predicted molar refractivity (Wildman–Crippen MR) is 74.9 cm³/mol. The lowest BCUT2D eigenvalue weighted by molar-refractivity contribution is 0.298. The molecule has 2 aromatic rings. The van der Waals surface area contributed by atoms with Crippen molar-refractivity contribution in [3.8, 4) is 5.75 Å². The average Bonchev–Trinajstić information content (AvgIpc) is 2.40. The van der Waals surface area contributed by atoms with E-state index < -0.39 is 0 Å². The zero-order chi connectivity index (χ0) is 12.8. The van der Waals surface area contributed by atoms with Gasteiger partial charge >= 0.3 is 0 Å². The highest BCUT2D eigenvalue weighted by Crippen LogP contribution is 2.19. The van der Waals surface area contributed by atoms with Gasteiger partial charge in [-0.25, -0.2) is 0 Å². The molecule has 2 aromatic carbocycles. The molecule has 0 aromatic heterocycles. The van der Waals surface area contributed by atoms with E-state index in [4.69, 9.17) is 22.1 Å². The summed E-state index contributed by atoms with van der Waals surface area (Å²) in [6, 6.07) is 17.3. The number of nitrogens with two attached hydrogens (primary N) is 1. The molecule has 3 heteroatoms. The minimum atomic E-state index is -0.0487. The molecule has 0 aliphatic rings. The van der Waals surface area contributed by atoms with Crippen molar-refractivity contribution in [2.24, 2.45) is 5.73 Å². The summed E-state index contributed by atoms with van der Waals surface area (Å²) in [7, 11) is 0. The van der Waals surface area contributed by atoms with Gasteiger partial charge in [0.2, 0.25) is 0 Å². The van der Waals surface area contributed by atoms with Crippen LogP contribution in [0, 0.1) is 0 Å². The van der Waals surface area contributed by atoms with E-state index >= 15 is 0 Å². The number of hydrogen-bond acceptors (Lipinski definition) is 2. The number of para-hydroxylation sites is 1. The number of benzene rings is 2. The van der Waals surface area contributed by atoms with Crippen molar-refractivity contribution < 1.29 is 4.74 Å². The predicted octanol–water partition coefficient (Wildman–Crippen LogP) is 3.81. The van der Waals surface area contributed by atoms with Crippen LogP contribution in [0.3, 0.4) is 0 Å². The lowest BCUT2D eigenvalue weighted by Crippen LogP contribution is -2.14. The first-order chi connectivity index (χ1) is 8.75. The Balaban J connectivity index is 1.83. The topological polar surface area (TPSA) is 35.2 Å². The maximum absolute atomic E-state index is 6.09. The SMILES string of the molecule is NC(CCOc1ccccc1)c1cccc(Cl)c1. The molecule has 1 unspecified atom stereocenters. The van der Waals surface area contributed by atoms with E-state index in [1.807, 2.05) is 54.6 Å². The Hall–Kier alpha value is -1.51. The maximum atomic E-state index is 6.09. The molecule has 0 aliphatic carbocycles. The summed E-state index contributed by atoms with van der Waals surface area (Å²) in [6.07, 6.45) is 0.759. The number of hydrogen-bond donors (Lipinski definition) is 1. The van der Waals surface area contributed by atoms with E-state index in [2.05, 4.69) is 0 Å². The highest BCUT2D eigenvalue weighted by molar-refractivity contribution is 6.30. The third-order valence-electron chi connectivity index (χ3n) is 2.72. The van der Waals surface area contributed by atoms with Crippen LogP contribution >= 0.6 is 11.6 Å². The van der Waals surface area contributed by atoms with Gasteiger partial charge in [-0.1, -0.05) is 41.9 Å². The second-order valence-electron chi connectivity index (χ2n) is 4.11. The average molecular weight is 262 g/mol. The van der Waals surface area contributed by atoms with E-state index in [0.717, 1.165) is 17.7 Å². The summed E-state index contributed by atoms with van der Waals surface area (Å²) < 4.78 is 5.62. The second kappa shape index (κ2) is 6.43. The van der Waals surface area contributed by atoms with E-state index in [1.54, 1.807) is 0 Å². The zero-order valence-electron chi connectivity index (χ0n) is 10.1. The molecule has 0 fully saturated rings. The Kier molecular flexibility index (Phi) is 4.62. The summed E-state index contributed by atoms with van der Waals surface area (Å²) in [4.78, 5) is 0. The molecule has 0 aliphatic heterocycles. The lowest BCUT2D eigenvalue weighted by atomic mass is 10.1. The highest BCUT2D eigenvalue weighted by Gasteiger charge is 2.06. The third-order valence-corrected chi connectivity index (χ3v) is 2.95. The van der Waals surface area contributed by atoms with Gasteiger partial charge in [0.25, 0.3) is 0 Å². The van der Waals surface area contributed by atoms with Crippen molar-refractivity contribution in [1.29, 1.82) is 0 Å². The van der Waals surface area contributed by atoms with Crippen LogP contribution in [0.5, 0.6) is 5.75 Å². The molecule has 0 amide bonds. The van der Waals surface area contributed by atoms with Gasteiger partial charge in [0.1, 0.15) is 5.75 Å². The smallest absolute Gasteiger partial charge is 0.119 e. The molecular weight excluding hydrogens is 246 g/mol. The summed E-state index contributed by atoms with van der Waals surface area (Å²) >= 11 is 5.93. The molecule has 0 saturated heterocycles. The molecule has 0 spiro atoms. The maximum Gasteiger partial charge on any atom is 0.119 e. The fraction of sp³-hybridized carbons (Fsp3) is 0.200. The van der Waals surface area contributed by atoms with Gasteiger partial charge in [-0.15, -0.1) is 0 Å². The Morgan fingerprint density at radius 2 is 1.83 bits per heavy atom. The first-order valence-electron chi connectivity index (χ1n) is 5.94. The van der Waals surface area contributed by atoms with Crippen molar-refractivity contribution in [3.05, 3.63) is 65.2 Å².